The summed E-state index contributed by atoms with van der Waals surface area (Å²) in [5.74, 6) is -2.49. The first kappa shape index (κ1) is 28.9. The number of hydrogen-bond donors (Lipinski definition) is 0. The first-order valence-electron chi connectivity index (χ1n) is 12.7. The van der Waals surface area contributed by atoms with Crippen LogP contribution in [0.5, 0.6) is 0 Å². The molecule has 0 amide bonds. The van der Waals surface area contributed by atoms with Crippen LogP contribution in [0.3, 0.4) is 0 Å². The molecule has 1 saturated heterocycles. The summed E-state index contributed by atoms with van der Waals surface area (Å²) in [5, 5.41) is -0.691. The normalized spacial score (nSPS) is 19.9. The summed E-state index contributed by atoms with van der Waals surface area (Å²) >= 11 is 1.10. The minimum atomic E-state index is -1.15. The second-order valence-corrected chi connectivity index (χ2v) is 10.9. The number of esters is 4. The number of hydrogen-bond acceptors (Lipinski definition) is 9. The van der Waals surface area contributed by atoms with Crippen LogP contribution < -0.4 is 0 Å². The second kappa shape index (κ2) is 12.8. The number of rotatable bonds is 8. The molecule has 1 aliphatic heterocycles. The molecule has 0 aromatic heterocycles. The van der Waals surface area contributed by atoms with Crippen LogP contribution >= 0.6 is 11.8 Å². The standard InChI is InChI=1S/C31H30O8S/c1-18-5-11-22(12-6-18)28(33)36-17-25-26(38-29(34)23-13-7-19(2)8-14-23)27(31(40-25)37-21(4)32)39-30(35)24-15-9-20(3)10-16-24/h5-16,25-27,31H,17H2,1-4H3. The van der Waals surface area contributed by atoms with Gasteiger partial charge >= 0.3 is 23.9 Å². The van der Waals surface area contributed by atoms with Crippen LogP contribution in [-0.4, -0.2) is 53.4 Å². The van der Waals surface area contributed by atoms with Crippen LogP contribution in [0, 0.1) is 20.8 Å². The van der Waals surface area contributed by atoms with E-state index in [1.807, 2.05) is 20.8 Å². The molecule has 0 radical (unpaired) electrons. The Hall–Kier alpha value is -4.11. The molecule has 4 rings (SSSR count). The zero-order valence-electron chi connectivity index (χ0n) is 22.6. The zero-order chi connectivity index (χ0) is 28.8. The third-order valence-electron chi connectivity index (χ3n) is 6.28. The van der Waals surface area contributed by atoms with E-state index in [-0.39, 0.29) is 12.2 Å². The lowest BCUT2D eigenvalue weighted by molar-refractivity contribution is -0.148. The number of carbonyl (C=O) groups is 4. The van der Waals surface area contributed by atoms with Crippen molar-refractivity contribution in [2.75, 3.05) is 6.61 Å². The van der Waals surface area contributed by atoms with Crippen LogP contribution in [0.1, 0.15) is 54.7 Å². The molecule has 1 heterocycles. The summed E-state index contributed by atoms with van der Waals surface area (Å²) in [4.78, 5) is 50.9. The van der Waals surface area contributed by atoms with Crippen LogP contribution in [0.15, 0.2) is 72.8 Å². The molecule has 1 aliphatic rings. The third-order valence-corrected chi connectivity index (χ3v) is 7.66. The molecule has 1 fully saturated rings. The van der Waals surface area contributed by atoms with Gasteiger partial charge in [0.2, 0.25) is 0 Å². The van der Waals surface area contributed by atoms with Gasteiger partial charge in [0, 0.05) is 6.92 Å². The molecular formula is C31H30O8S. The molecule has 0 saturated carbocycles. The monoisotopic (exact) mass is 562 g/mol. The Labute approximate surface area is 237 Å². The first-order valence-corrected chi connectivity index (χ1v) is 13.7. The van der Waals surface area contributed by atoms with Crippen molar-refractivity contribution in [2.45, 2.75) is 50.6 Å². The van der Waals surface area contributed by atoms with E-state index in [9.17, 15) is 19.2 Å². The summed E-state index contributed by atoms with van der Waals surface area (Å²) in [6, 6.07) is 20.5. The largest absolute Gasteiger partial charge is 0.461 e. The molecule has 4 unspecified atom stereocenters. The van der Waals surface area contributed by atoms with Crippen molar-refractivity contribution in [3.8, 4) is 0 Å². The van der Waals surface area contributed by atoms with Gasteiger partial charge in [-0.1, -0.05) is 53.1 Å². The van der Waals surface area contributed by atoms with E-state index >= 15 is 0 Å². The van der Waals surface area contributed by atoms with E-state index in [4.69, 9.17) is 18.9 Å². The van der Waals surface area contributed by atoms with Crippen molar-refractivity contribution in [3.05, 3.63) is 106 Å². The molecule has 4 atom stereocenters. The fraction of sp³-hybridized carbons (Fsp3) is 0.290. The molecule has 9 heteroatoms. The number of aryl methyl sites for hydroxylation is 3. The number of ether oxygens (including phenoxy) is 4. The minimum Gasteiger partial charge on any atom is -0.461 e. The van der Waals surface area contributed by atoms with Crippen molar-refractivity contribution in [1.82, 2.24) is 0 Å². The number of benzene rings is 3. The van der Waals surface area contributed by atoms with Gasteiger partial charge in [-0.25, -0.2) is 14.4 Å². The molecule has 0 aliphatic carbocycles. The highest BCUT2D eigenvalue weighted by atomic mass is 32.2. The highest BCUT2D eigenvalue weighted by Crippen LogP contribution is 2.40. The van der Waals surface area contributed by atoms with Crippen molar-refractivity contribution in [2.24, 2.45) is 0 Å². The predicted molar refractivity (Wildman–Crippen MR) is 149 cm³/mol. The van der Waals surface area contributed by atoms with E-state index in [1.165, 1.54) is 6.92 Å². The quantitative estimate of drug-likeness (QED) is 0.270. The van der Waals surface area contributed by atoms with Gasteiger partial charge in [0.25, 0.3) is 0 Å². The van der Waals surface area contributed by atoms with Gasteiger partial charge in [-0.3, -0.25) is 4.79 Å². The average Bonchev–Trinajstić information content (AvgIpc) is 3.22. The topological polar surface area (TPSA) is 105 Å². The molecule has 3 aromatic carbocycles. The Kier molecular flexibility index (Phi) is 9.26. The predicted octanol–water partition coefficient (Wildman–Crippen LogP) is 5.22. The van der Waals surface area contributed by atoms with Crippen molar-refractivity contribution in [1.29, 1.82) is 0 Å². The van der Waals surface area contributed by atoms with E-state index < -0.39 is 46.8 Å². The molecule has 3 aromatic rings. The molecule has 0 N–H and O–H groups in total. The highest BCUT2D eigenvalue weighted by molar-refractivity contribution is 8.00. The van der Waals surface area contributed by atoms with Crippen molar-refractivity contribution in [3.63, 3.8) is 0 Å². The SMILES string of the molecule is CC(=O)OC1SC(COC(=O)c2ccc(C)cc2)C(OC(=O)c2ccc(C)cc2)C1OC(=O)c1ccc(C)cc1. The molecule has 8 nitrogen and oxygen atoms in total. The average molecular weight is 563 g/mol. The summed E-state index contributed by atoms with van der Waals surface area (Å²) in [5.41, 5.74) is 2.88. The van der Waals surface area contributed by atoms with Gasteiger partial charge in [0.05, 0.1) is 21.9 Å². The summed E-state index contributed by atoms with van der Waals surface area (Å²) < 4.78 is 22.7. The van der Waals surface area contributed by atoms with E-state index in [2.05, 4.69) is 0 Å². The summed E-state index contributed by atoms with van der Waals surface area (Å²) in [6.45, 7) is 6.75. The lowest BCUT2D eigenvalue weighted by Gasteiger charge is -2.25. The van der Waals surface area contributed by atoms with Crippen molar-refractivity contribution < 1.29 is 38.1 Å². The highest BCUT2D eigenvalue weighted by Gasteiger charge is 2.51. The van der Waals surface area contributed by atoms with E-state index in [0.717, 1.165) is 28.5 Å². The minimum absolute atomic E-state index is 0.181. The Morgan fingerprint density at radius 2 is 1.00 bits per heavy atom. The van der Waals surface area contributed by atoms with E-state index in [1.54, 1.807) is 72.8 Å². The third kappa shape index (κ3) is 7.30. The fourth-order valence-electron chi connectivity index (χ4n) is 4.05. The van der Waals surface area contributed by atoms with Gasteiger partial charge < -0.3 is 18.9 Å². The zero-order valence-corrected chi connectivity index (χ0v) is 23.4. The molecular weight excluding hydrogens is 532 g/mol. The van der Waals surface area contributed by atoms with Crippen LogP contribution in [0.2, 0.25) is 0 Å². The fourth-order valence-corrected chi connectivity index (χ4v) is 5.46. The Morgan fingerprint density at radius 3 is 1.43 bits per heavy atom. The van der Waals surface area contributed by atoms with Gasteiger partial charge in [-0.2, -0.15) is 0 Å². The van der Waals surface area contributed by atoms with Crippen molar-refractivity contribution >= 4 is 35.6 Å². The Bertz CT molecular complexity index is 1370. The van der Waals surface area contributed by atoms with E-state index in [0.29, 0.717) is 11.1 Å². The number of carbonyl (C=O) groups excluding carboxylic acids is 4. The number of thioether (sulfide) groups is 1. The van der Waals surface area contributed by atoms with Gasteiger partial charge in [0.15, 0.2) is 17.6 Å². The Balaban J connectivity index is 1.59. The lowest BCUT2D eigenvalue weighted by Crippen LogP contribution is -2.42. The summed E-state index contributed by atoms with van der Waals surface area (Å²) in [6.07, 6.45) is -2.23. The molecule has 0 spiro atoms. The maximum atomic E-state index is 13.1. The molecule has 0 bridgehead atoms. The molecule has 208 valence electrons. The molecule has 40 heavy (non-hydrogen) atoms. The van der Waals surface area contributed by atoms with Crippen LogP contribution in [0.25, 0.3) is 0 Å². The maximum Gasteiger partial charge on any atom is 0.338 e. The van der Waals surface area contributed by atoms with Gasteiger partial charge in [-0.15, -0.1) is 11.8 Å². The Morgan fingerprint density at radius 1 is 0.600 bits per heavy atom. The van der Waals surface area contributed by atoms with Gasteiger partial charge in [0.1, 0.15) is 6.61 Å². The lowest BCUT2D eigenvalue weighted by atomic mass is 10.1. The van der Waals surface area contributed by atoms with Crippen LogP contribution in [-0.2, 0) is 23.7 Å². The van der Waals surface area contributed by atoms with Gasteiger partial charge in [-0.05, 0) is 57.2 Å². The maximum absolute atomic E-state index is 13.1. The smallest absolute Gasteiger partial charge is 0.338 e. The first-order chi connectivity index (χ1) is 19.1. The van der Waals surface area contributed by atoms with Crippen LogP contribution in [0.4, 0.5) is 0 Å². The summed E-state index contributed by atoms with van der Waals surface area (Å²) in [7, 11) is 0. The second-order valence-electron chi connectivity index (χ2n) is 9.59.